The zero-order valence-corrected chi connectivity index (χ0v) is 8.67. The molecule has 16 heavy (non-hydrogen) atoms. The van der Waals surface area contributed by atoms with Crippen molar-refractivity contribution >= 4 is 0 Å². The van der Waals surface area contributed by atoms with Crippen LogP contribution in [0.15, 0.2) is 24.3 Å². The highest BCUT2D eigenvalue weighted by atomic mass is 19.4. The van der Waals surface area contributed by atoms with Crippen LogP contribution in [-0.4, -0.2) is 11.2 Å². The van der Waals surface area contributed by atoms with E-state index >= 15 is 0 Å². The van der Waals surface area contributed by atoms with E-state index in [1.54, 1.807) is 6.92 Å². The number of rotatable bonds is 1. The number of halogens is 3. The van der Waals surface area contributed by atoms with Crippen LogP contribution in [0.25, 0.3) is 0 Å². The molecule has 1 rings (SSSR count). The first-order chi connectivity index (χ1) is 7.45. The summed E-state index contributed by atoms with van der Waals surface area (Å²) in [4.78, 5) is 0. The molecule has 0 fully saturated rings. The summed E-state index contributed by atoms with van der Waals surface area (Å²) in [5.41, 5.74) is -0.881. The molecule has 0 aliphatic rings. The van der Waals surface area contributed by atoms with E-state index in [2.05, 4.69) is 11.8 Å². The summed E-state index contributed by atoms with van der Waals surface area (Å²) >= 11 is 0. The van der Waals surface area contributed by atoms with E-state index in [1.165, 1.54) is 18.2 Å². The maximum atomic E-state index is 12.5. The van der Waals surface area contributed by atoms with Gasteiger partial charge in [0.2, 0.25) is 0 Å². The fourth-order valence-electron chi connectivity index (χ4n) is 1.10. The first kappa shape index (κ1) is 12.6. The van der Waals surface area contributed by atoms with Crippen LogP contribution in [0.2, 0.25) is 0 Å². The standard InChI is InChI=1S/C12H11F3O/c1-2-10(16)8-7-9-5-3-4-6-11(9)12(13,14)15/h3-6,10,16H,2H2,1H3/t10-/m0/s1. The Morgan fingerprint density at radius 3 is 2.50 bits per heavy atom. The van der Waals surface area contributed by atoms with E-state index in [4.69, 9.17) is 5.11 Å². The van der Waals surface area contributed by atoms with E-state index < -0.39 is 17.8 Å². The summed E-state index contributed by atoms with van der Waals surface area (Å²) in [5, 5.41) is 9.16. The lowest BCUT2D eigenvalue weighted by Crippen LogP contribution is -2.07. The second-order valence-corrected chi connectivity index (χ2v) is 3.24. The molecule has 0 spiro atoms. The van der Waals surface area contributed by atoms with Gasteiger partial charge in [-0.15, -0.1) is 0 Å². The Morgan fingerprint density at radius 2 is 1.94 bits per heavy atom. The molecule has 0 aliphatic carbocycles. The number of alkyl halides is 3. The molecule has 1 aromatic rings. The third-order valence-corrected chi connectivity index (χ3v) is 1.99. The smallest absolute Gasteiger partial charge is 0.380 e. The molecule has 0 aliphatic heterocycles. The third kappa shape index (κ3) is 3.28. The van der Waals surface area contributed by atoms with Gasteiger partial charge in [-0.1, -0.05) is 30.9 Å². The molecule has 1 atom stereocenters. The fourth-order valence-corrected chi connectivity index (χ4v) is 1.10. The van der Waals surface area contributed by atoms with Crippen LogP contribution >= 0.6 is 0 Å². The molecule has 1 nitrogen and oxygen atoms in total. The monoisotopic (exact) mass is 228 g/mol. The highest BCUT2D eigenvalue weighted by molar-refractivity contribution is 5.43. The van der Waals surface area contributed by atoms with Crippen molar-refractivity contribution in [1.29, 1.82) is 0 Å². The number of hydrogen-bond acceptors (Lipinski definition) is 1. The largest absolute Gasteiger partial charge is 0.417 e. The van der Waals surface area contributed by atoms with E-state index in [1.807, 2.05) is 0 Å². The second-order valence-electron chi connectivity index (χ2n) is 3.24. The lowest BCUT2D eigenvalue weighted by Gasteiger charge is -2.08. The number of aliphatic hydroxyl groups is 1. The van der Waals surface area contributed by atoms with Gasteiger partial charge in [0.15, 0.2) is 0 Å². The molecular formula is C12H11F3O. The molecule has 0 unspecified atom stereocenters. The lowest BCUT2D eigenvalue weighted by molar-refractivity contribution is -0.137. The summed E-state index contributed by atoms with van der Waals surface area (Å²) in [6.45, 7) is 1.70. The predicted molar refractivity (Wildman–Crippen MR) is 54.6 cm³/mol. The Hall–Kier alpha value is -1.47. The SMILES string of the molecule is CC[C@H](O)C#Cc1ccccc1C(F)(F)F. The van der Waals surface area contributed by atoms with Gasteiger partial charge in [0.1, 0.15) is 6.10 Å². The van der Waals surface area contributed by atoms with Gasteiger partial charge in [0.25, 0.3) is 0 Å². The maximum Gasteiger partial charge on any atom is 0.417 e. The zero-order chi connectivity index (χ0) is 12.2. The van der Waals surface area contributed by atoms with E-state index in [-0.39, 0.29) is 5.56 Å². The molecule has 0 aromatic heterocycles. The summed E-state index contributed by atoms with van der Waals surface area (Å²) in [6.07, 6.45) is -4.91. The van der Waals surface area contributed by atoms with Gasteiger partial charge in [-0.25, -0.2) is 0 Å². The van der Waals surface area contributed by atoms with Gasteiger partial charge in [-0.2, -0.15) is 13.2 Å². The first-order valence-corrected chi connectivity index (χ1v) is 4.81. The van der Waals surface area contributed by atoms with Crippen LogP contribution < -0.4 is 0 Å². The van der Waals surface area contributed by atoms with Crippen molar-refractivity contribution < 1.29 is 18.3 Å². The lowest BCUT2D eigenvalue weighted by atomic mass is 10.1. The quantitative estimate of drug-likeness (QED) is 0.733. The molecular weight excluding hydrogens is 217 g/mol. The minimum absolute atomic E-state index is 0.109. The Labute approximate surface area is 91.9 Å². The molecule has 0 saturated heterocycles. The molecule has 86 valence electrons. The Balaban J connectivity index is 3.08. The Morgan fingerprint density at radius 1 is 1.31 bits per heavy atom. The molecule has 0 radical (unpaired) electrons. The van der Waals surface area contributed by atoms with E-state index in [9.17, 15) is 13.2 Å². The van der Waals surface area contributed by atoms with Crippen LogP contribution in [0.1, 0.15) is 24.5 Å². The van der Waals surface area contributed by atoms with E-state index in [0.717, 1.165) is 6.07 Å². The highest BCUT2D eigenvalue weighted by Gasteiger charge is 2.32. The first-order valence-electron chi connectivity index (χ1n) is 4.81. The average molecular weight is 228 g/mol. The van der Waals surface area contributed by atoms with Crippen molar-refractivity contribution in [2.24, 2.45) is 0 Å². The fraction of sp³-hybridized carbons (Fsp3) is 0.333. The third-order valence-electron chi connectivity index (χ3n) is 1.99. The highest BCUT2D eigenvalue weighted by Crippen LogP contribution is 2.31. The van der Waals surface area contributed by atoms with Crippen LogP contribution in [0.3, 0.4) is 0 Å². The normalized spacial score (nSPS) is 12.8. The van der Waals surface area contributed by atoms with Gasteiger partial charge < -0.3 is 5.11 Å². The van der Waals surface area contributed by atoms with Crippen LogP contribution in [0.5, 0.6) is 0 Å². The Kier molecular flexibility index (Phi) is 3.97. The maximum absolute atomic E-state index is 12.5. The van der Waals surface area contributed by atoms with Gasteiger partial charge in [0, 0.05) is 5.56 Å². The molecule has 1 aromatic carbocycles. The molecule has 0 amide bonds. The van der Waals surface area contributed by atoms with Crippen molar-refractivity contribution in [3.05, 3.63) is 35.4 Å². The summed E-state index contributed by atoms with van der Waals surface area (Å²) in [6, 6.07) is 5.06. The van der Waals surface area contributed by atoms with Crippen LogP contribution in [-0.2, 0) is 6.18 Å². The van der Waals surface area contributed by atoms with Gasteiger partial charge >= 0.3 is 6.18 Å². The number of aliphatic hydroxyl groups excluding tert-OH is 1. The van der Waals surface area contributed by atoms with Crippen molar-refractivity contribution in [1.82, 2.24) is 0 Å². The van der Waals surface area contributed by atoms with Gasteiger partial charge in [0.05, 0.1) is 5.56 Å². The number of benzene rings is 1. The van der Waals surface area contributed by atoms with Crippen molar-refractivity contribution in [2.75, 3.05) is 0 Å². The van der Waals surface area contributed by atoms with Crippen molar-refractivity contribution in [3.63, 3.8) is 0 Å². The van der Waals surface area contributed by atoms with Crippen LogP contribution in [0, 0.1) is 11.8 Å². The Bertz CT molecular complexity index is 412. The summed E-state index contributed by atoms with van der Waals surface area (Å²) in [5.74, 6) is 4.72. The molecule has 4 heteroatoms. The predicted octanol–water partition coefficient (Wildman–Crippen LogP) is 2.83. The van der Waals surface area contributed by atoms with Gasteiger partial charge in [-0.3, -0.25) is 0 Å². The zero-order valence-electron chi connectivity index (χ0n) is 8.67. The second kappa shape index (κ2) is 5.04. The van der Waals surface area contributed by atoms with Crippen molar-refractivity contribution in [2.45, 2.75) is 25.6 Å². The minimum Gasteiger partial charge on any atom is -0.380 e. The summed E-state index contributed by atoms with van der Waals surface area (Å²) in [7, 11) is 0. The topological polar surface area (TPSA) is 20.2 Å². The average Bonchev–Trinajstić information content (AvgIpc) is 2.25. The van der Waals surface area contributed by atoms with Crippen molar-refractivity contribution in [3.8, 4) is 11.8 Å². The minimum atomic E-state index is -4.41. The van der Waals surface area contributed by atoms with Gasteiger partial charge in [-0.05, 0) is 18.6 Å². The summed E-state index contributed by atoms with van der Waals surface area (Å²) < 4.78 is 37.6. The van der Waals surface area contributed by atoms with Crippen LogP contribution in [0.4, 0.5) is 13.2 Å². The van der Waals surface area contributed by atoms with E-state index in [0.29, 0.717) is 6.42 Å². The molecule has 0 bridgehead atoms. The number of hydrogen-bond donors (Lipinski definition) is 1. The molecule has 0 heterocycles. The molecule has 1 N–H and O–H groups in total. The molecule has 0 saturated carbocycles.